The number of halogens is 1. The third-order valence-electron chi connectivity index (χ3n) is 3.46. The number of likely N-dealkylation sites (N-methyl/N-ethyl adjacent to an activating group) is 1. The van der Waals surface area contributed by atoms with Crippen LogP contribution in [0.1, 0.15) is 31.9 Å². The number of rotatable bonds is 7. The summed E-state index contributed by atoms with van der Waals surface area (Å²) in [6, 6.07) is 16.6. The first kappa shape index (κ1) is 15.5. The topological polar surface area (TPSA) is 21.3 Å². The number of hydrogen-bond donors (Lipinski definition) is 1. The lowest BCUT2D eigenvalue weighted by atomic mass is 9.99. The van der Waals surface area contributed by atoms with Crippen LogP contribution in [0.3, 0.4) is 0 Å². The molecule has 0 radical (unpaired) electrons. The summed E-state index contributed by atoms with van der Waals surface area (Å²) in [4.78, 5) is 0. The van der Waals surface area contributed by atoms with E-state index in [9.17, 15) is 4.39 Å². The third kappa shape index (κ3) is 4.30. The lowest BCUT2D eigenvalue weighted by Gasteiger charge is -2.28. The zero-order chi connectivity index (χ0) is 15.1. The van der Waals surface area contributed by atoms with Crippen LogP contribution in [-0.2, 0) is 0 Å². The Labute approximate surface area is 126 Å². The number of nitrogens with one attached hydrogen (secondary N) is 1. The summed E-state index contributed by atoms with van der Waals surface area (Å²) in [6.07, 6.45) is 0.863. The molecule has 0 heterocycles. The summed E-state index contributed by atoms with van der Waals surface area (Å²) in [5.41, 5.74) is 1.20. The van der Waals surface area contributed by atoms with Crippen LogP contribution in [0.5, 0.6) is 5.75 Å². The average Bonchev–Trinajstić information content (AvgIpc) is 2.53. The van der Waals surface area contributed by atoms with Crippen molar-refractivity contribution < 1.29 is 9.13 Å². The number of ether oxygens (including phenoxy) is 1. The van der Waals surface area contributed by atoms with Crippen molar-refractivity contribution in [1.29, 1.82) is 0 Å². The molecule has 1 N–H and O–H groups in total. The largest absolute Gasteiger partial charge is 0.488 e. The van der Waals surface area contributed by atoms with Crippen molar-refractivity contribution in [3.63, 3.8) is 0 Å². The lowest BCUT2D eigenvalue weighted by molar-refractivity contribution is 0.149. The van der Waals surface area contributed by atoms with Gasteiger partial charge < -0.3 is 10.1 Å². The van der Waals surface area contributed by atoms with Crippen LogP contribution in [0, 0.1) is 5.82 Å². The molecule has 0 fully saturated rings. The van der Waals surface area contributed by atoms with Gasteiger partial charge in [0.15, 0.2) is 0 Å². The quantitative estimate of drug-likeness (QED) is 0.818. The molecule has 21 heavy (non-hydrogen) atoms. The molecule has 0 amide bonds. The second kappa shape index (κ2) is 7.79. The smallest absolute Gasteiger partial charge is 0.123 e. The van der Waals surface area contributed by atoms with E-state index in [4.69, 9.17) is 4.74 Å². The summed E-state index contributed by atoms with van der Waals surface area (Å²) in [5, 5.41) is 3.48. The fourth-order valence-electron chi connectivity index (χ4n) is 2.42. The van der Waals surface area contributed by atoms with E-state index in [-0.39, 0.29) is 18.0 Å². The van der Waals surface area contributed by atoms with Gasteiger partial charge in [-0.3, -0.25) is 0 Å². The highest BCUT2D eigenvalue weighted by molar-refractivity contribution is 5.24. The Balaban J connectivity index is 2.17. The third-order valence-corrected chi connectivity index (χ3v) is 3.46. The second-order valence-corrected chi connectivity index (χ2v) is 4.96. The fraction of sp³-hybridized carbons (Fsp3) is 0.333. The van der Waals surface area contributed by atoms with Crippen molar-refractivity contribution in [2.24, 2.45) is 0 Å². The van der Waals surface area contributed by atoms with Crippen molar-refractivity contribution in [2.75, 3.05) is 6.54 Å². The Hall–Kier alpha value is -1.87. The summed E-state index contributed by atoms with van der Waals surface area (Å²) < 4.78 is 19.0. The molecular formula is C18H22FNO. The van der Waals surface area contributed by atoms with Gasteiger partial charge in [0.05, 0.1) is 6.04 Å². The zero-order valence-electron chi connectivity index (χ0n) is 12.6. The second-order valence-electron chi connectivity index (χ2n) is 4.96. The van der Waals surface area contributed by atoms with Crippen LogP contribution >= 0.6 is 0 Å². The minimum Gasteiger partial charge on any atom is -0.488 e. The van der Waals surface area contributed by atoms with Gasteiger partial charge in [-0.05, 0) is 42.8 Å². The van der Waals surface area contributed by atoms with Crippen molar-refractivity contribution in [3.8, 4) is 5.75 Å². The van der Waals surface area contributed by atoms with E-state index in [0.717, 1.165) is 13.0 Å². The van der Waals surface area contributed by atoms with Crippen molar-refractivity contribution in [1.82, 2.24) is 5.32 Å². The van der Waals surface area contributed by atoms with Gasteiger partial charge in [0.1, 0.15) is 17.7 Å². The lowest BCUT2D eigenvalue weighted by Crippen LogP contribution is -2.35. The predicted molar refractivity (Wildman–Crippen MR) is 84.0 cm³/mol. The molecule has 0 aliphatic carbocycles. The van der Waals surface area contributed by atoms with Gasteiger partial charge in [-0.25, -0.2) is 4.39 Å². The maximum absolute atomic E-state index is 13.0. The highest BCUT2D eigenvalue weighted by Gasteiger charge is 2.22. The fourth-order valence-corrected chi connectivity index (χ4v) is 2.42. The summed E-state index contributed by atoms with van der Waals surface area (Å²) >= 11 is 0. The van der Waals surface area contributed by atoms with Gasteiger partial charge in [0, 0.05) is 0 Å². The van der Waals surface area contributed by atoms with E-state index in [1.165, 1.54) is 17.7 Å². The van der Waals surface area contributed by atoms with Crippen molar-refractivity contribution >= 4 is 0 Å². The van der Waals surface area contributed by atoms with Gasteiger partial charge in [-0.15, -0.1) is 0 Å². The van der Waals surface area contributed by atoms with E-state index < -0.39 is 0 Å². The first-order valence-electron chi connectivity index (χ1n) is 7.45. The number of hydrogen-bond acceptors (Lipinski definition) is 2. The van der Waals surface area contributed by atoms with E-state index >= 15 is 0 Å². The van der Waals surface area contributed by atoms with Crippen LogP contribution in [0.25, 0.3) is 0 Å². The first-order valence-corrected chi connectivity index (χ1v) is 7.45. The normalized spacial score (nSPS) is 13.7. The molecule has 0 saturated carbocycles. The highest BCUT2D eigenvalue weighted by Crippen LogP contribution is 2.24. The Morgan fingerprint density at radius 3 is 2.24 bits per heavy atom. The number of benzene rings is 2. The maximum Gasteiger partial charge on any atom is 0.123 e. The molecule has 2 rings (SSSR count). The average molecular weight is 287 g/mol. The molecule has 2 nitrogen and oxygen atoms in total. The molecule has 112 valence electrons. The highest BCUT2D eigenvalue weighted by atomic mass is 19.1. The maximum atomic E-state index is 13.0. The van der Waals surface area contributed by atoms with Crippen LogP contribution in [0.15, 0.2) is 54.6 Å². The minimum atomic E-state index is -0.248. The standard InChI is InChI=1S/C18H22FNO/c1-3-17(21-16-12-10-15(19)11-13-16)18(20-4-2)14-8-6-5-7-9-14/h5-13,17-18,20H,3-4H2,1-2H3. The Bertz CT molecular complexity index is 527. The van der Waals surface area contributed by atoms with Gasteiger partial charge in [0.2, 0.25) is 0 Å². The molecule has 0 aromatic heterocycles. The SMILES string of the molecule is CCNC(c1ccccc1)C(CC)Oc1ccc(F)cc1. The Kier molecular flexibility index (Phi) is 5.76. The van der Waals surface area contributed by atoms with Gasteiger partial charge in [0.25, 0.3) is 0 Å². The summed E-state index contributed by atoms with van der Waals surface area (Å²) in [5.74, 6) is 0.448. The van der Waals surface area contributed by atoms with Gasteiger partial charge in [-0.1, -0.05) is 44.2 Å². The summed E-state index contributed by atoms with van der Waals surface area (Å²) in [7, 11) is 0. The molecule has 0 aliphatic heterocycles. The molecule has 2 atom stereocenters. The monoisotopic (exact) mass is 287 g/mol. The van der Waals surface area contributed by atoms with Crippen molar-refractivity contribution in [2.45, 2.75) is 32.4 Å². The Morgan fingerprint density at radius 2 is 1.67 bits per heavy atom. The van der Waals surface area contributed by atoms with E-state index in [0.29, 0.717) is 5.75 Å². The molecule has 0 spiro atoms. The van der Waals surface area contributed by atoms with Crippen LogP contribution in [0.4, 0.5) is 4.39 Å². The van der Waals surface area contributed by atoms with Gasteiger partial charge in [-0.2, -0.15) is 0 Å². The zero-order valence-corrected chi connectivity index (χ0v) is 12.6. The molecule has 0 saturated heterocycles. The molecular weight excluding hydrogens is 265 g/mol. The predicted octanol–water partition coefficient (Wildman–Crippen LogP) is 4.33. The van der Waals surface area contributed by atoms with E-state index in [1.54, 1.807) is 12.1 Å². The molecule has 3 heteroatoms. The molecule has 0 aliphatic rings. The minimum absolute atomic E-state index is 0.00203. The molecule has 2 aromatic rings. The van der Waals surface area contributed by atoms with Crippen LogP contribution in [-0.4, -0.2) is 12.6 Å². The van der Waals surface area contributed by atoms with E-state index in [1.807, 2.05) is 18.2 Å². The molecule has 2 aromatic carbocycles. The Morgan fingerprint density at radius 1 is 1.00 bits per heavy atom. The first-order chi connectivity index (χ1) is 10.2. The molecule has 2 unspecified atom stereocenters. The summed E-state index contributed by atoms with van der Waals surface area (Å²) in [6.45, 7) is 5.05. The van der Waals surface area contributed by atoms with Gasteiger partial charge >= 0.3 is 0 Å². The van der Waals surface area contributed by atoms with Crippen LogP contribution in [0.2, 0.25) is 0 Å². The van der Waals surface area contributed by atoms with Crippen molar-refractivity contribution in [3.05, 3.63) is 66.0 Å². The van der Waals surface area contributed by atoms with Crippen LogP contribution < -0.4 is 10.1 Å². The molecule has 0 bridgehead atoms. The van der Waals surface area contributed by atoms with E-state index in [2.05, 4.69) is 31.3 Å².